The van der Waals surface area contributed by atoms with Crippen LogP contribution in [0.3, 0.4) is 0 Å². The predicted molar refractivity (Wildman–Crippen MR) is 103 cm³/mol. The van der Waals surface area contributed by atoms with E-state index in [0.717, 1.165) is 58.2 Å². The fourth-order valence-corrected chi connectivity index (χ4v) is 3.28. The first-order chi connectivity index (χ1) is 12.3. The SMILES string of the molecule is CCNC(=NCc1ccccc1CN1CCOCC1)NC1CC=CC1. The van der Waals surface area contributed by atoms with Crippen molar-refractivity contribution in [2.45, 2.75) is 38.9 Å². The molecule has 136 valence electrons. The smallest absolute Gasteiger partial charge is 0.191 e. The summed E-state index contributed by atoms with van der Waals surface area (Å²) in [4.78, 5) is 7.28. The molecule has 1 aliphatic carbocycles. The van der Waals surface area contributed by atoms with E-state index in [1.165, 1.54) is 11.1 Å². The highest BCUT2D eigenvalue weighted by Gasteiger charge is 2.14. The molecule has 1 aromatic carbocycles. The van der Waals surface area contributed by atoms with Crippen molar-refractivity contribution in [1.29, 1.82) is 0 Å². The lowest BCUT2D eigenvalue weighted by Gasteiger charge is -2.27. The number of nitrogens with one attached hydrogen (secondary N) is 2. The summed E-state index contributed by atoms with van der Waals surface area (Å²) in [5, 5.41) is 6.90. The molecule has 1 heterocycles. The average Bonchev–Trinajstić information content (AvgIpc) is 3.15. The van der Waals surface area contributed by atoms with Crippen LogP contribution in [0.25, 0.3) is 0 Å². The molecule has 0 radical (unpaired) electrons. The van der Waals surface area contributed by atoms with Crippen LogP contribution in [0.2, 0.25) is 0 Å². The minimum Gasteiger partial charge on any atom is -0.379 e. The summed E-state index contributed by atoms with van der Waals surface area (Å²) in [6.07, 6.45) is 6.63. The van der Waals surface area contributed by atoms with Crippen molar-refractivity contribution >= 4 is 5.96 Å². The molecule has 5 heteroatoms. The molecule has 0 unspecified atom stereocenters. The minimum atomic E-state index is 0.474. The van der Waals surface area contributed by atoms with E-state index in [1.54, 1.807) is 0 Å². The number of ether oxygens (including phenoxy) is 1. The van der Waals surface area contributed by atoms with Crippen LogP contribution < -0.4 is 10.6 Å². The Balaban J connectivity index is 1.63. The number of guanidine groups is 1. The monoisotopic (exact) mass is 342 g/mol. The Hall–Kier alpha value is -1.85. The first-order valence-electron chi connectivity index (χ1n) is 9.42. The van der Waals surface area contributed by atoms with Crippen molar-refractivity contribution in [3.05, 3.63) is 47.5 Å². The van der Waals surface area contributed by atoms with E-state index in [9.17, 15) is 0 Å². The summed E-state index contributed by atoms with van der Waals surface area (Å²) in [6.45, 7) is 8.36. The lowest BCUT2D eigenvalue weighted by Crippen LogP contribution is -2.42. The molecule has 0 spiro atoms. The fourth-order valence-electron chi connectivity index (χ4n) is 3.28. The Bertz CT molecular complexity index is 585. The summed E-state index contributed by atoms with van der Waals surface area (Å²) < 4.78 is 5.45. The van der Waals surface area contributed by atoms with Crippen molar-refractivity contribution in [2.24, 2.45) is 4.99 Å². The second-order valence-corrected chi connectivity index (χ2v) is 6.64. The van der Waals surface area contributed by atoms with Gasteiger partial charge in [-0.1, -0.05) is 36.4 Å². The van der Waals surface area contributed by atoms with E-state index in [1.807, 2.05) is 0 Å². The molecule has 3 rings (SSSR count). The quantitative estimate of drug-likeness (QED) is 0.473. The molecule has 5 nitrogen and oxygen atoms in total. The third-order valence-electron chi connectivity index (χ3n) is 4.72. The maximum absolute atomic E-state index is 5.45. The Morgan fingerprint density at radius 2 is 1.88 bits per heavy atom. The predicted octanol–water partition coefficient (Wildman–Crippen LogP) is 2.29. The van der Waals surface area contributed by atoms with Gasteiger partial charge in [0.1, 0.15) is 0 Å². The Morgan fingerprint density at radius 3 is 2.60 bits per heavy atom. The van der Waals surface area contributed by atoms with Gasteiger partial charge in [-0.25, -0.2) is 4.99 Å². The largest absolute Gasteiger partial charge is 0.379 e. The van der Waals surface area contributed by atoms with E-state index in [2.05, 4.69) is 58.9 Å². The van der Waals surface area contributed by atoms with Gasteiger partial charge in [0, 0.05) is 32.2 Å². The van der Waals surface area contributed by atoms with Crippen LogP contribution in [-0.4, -0.2) is 49.7 Å². The van der Waals surface area contributed by atoms with Crippen molar-refractivity contribution in [1.82, 2.24) is 15.5 Å². The van der Waals surface area contributed by atoms with Gasteiger partial charge in [0.2, 0.25) is 0 Å². The molecular formula is C20H30N4O. The molecule has 2 N–H and O–H groups in total. The highest BCUT2D eigenvalue weighted by atomic mass is 16.5. The molecule has 1 saturated heterocycles. The maximum Gasteiger partial charge on any atom is 0.191 e. The molecule has 0 saturated carbocycles. The van der Waals surface area contributed by atoms with Gasteiger partial charge in [-0.05, 0) is 30.9 Å². The molecule has 25 heavy (non-hydrogen) atoms. The molecular weight excluding hydrogens is 312 g/mol. The highest BCUT2D eigenvalue weighted by Crippen LogP contribution is 2.14. The number of benzene rings is 1. The van der Waals surface area contributed by atoms with E-state index < -0.39 is 0 Å². The van der Waals surface area contributed by atoms with Gasteiger partial charge in [-0.15, -0.1) is 0 Å². The van der Waals surface area contributed by atoms with E-state index in [0.29, 0.717) is 12.6 Å². The number of hydrogen-bond donors (Lipinski definition) is 2. The Labute approximate surface area is 151 Å². The maximum atomic E-state index is 5.45. The summed E-state index contributed by atoms with van der Waals surface area (Å²) in [6, 6.07) is 9.12. The standard InChI is InChI=1S/C20H30N4O/c1-2-21-20(23-19-9-5-6-10-19)22-15-17-7-3-4-8-18(17)16-24-11-13-25-14-12-24/h3-8,19H,2,9-16H2,1H3,(H2,21,22,23). The van der Waals surface area contributed by atoms with Crippen LogP contribution in [0.15, 0.2) is 41.4 Å². The van der Waals surface area contributed by atoms with Crippen molar-refractivity contribution in [3.63, 3.8) is 0 Å². The molecule has 1 aromatic rings. The van der Waals surface area contributed by atoms with Crippen LogP contribution in [0.5, 0.6) is 0 Å². The first-order valence-corrected chi connectivity index (χ1v) is 9.42. The second-order valence-electron chi connectivity index (χ2n) is 6.64. The van der Waals surface area contributed by atoms with E-state index in [-0.39, 0.29) is 0 Å². The topological polar surface area (TPSA) is 48.9 Å². The molecule has 0 amide bonds. The summed E-state index contributed by atoms with van der Waals surface area (Å²) in [7, 11) is 0. The average molecular weight is 342 g/mol. The van der Waals surface area contributed by atoms with Gasteiger partial charge in [-0.2, -0.15) is 0 Å². The number of hydrogen-bond acceptors (Lipinski definition) is 3. The van der Waals surface area contributed by atoms with Gasteiger partial charge in [0.15, 0.2) is 5.96 Å². The second kappa shape index (κ2) is 9.59. The molecule has 0 atom stereocenters. The molecule has 0 aromatic heterocycles. The zero-order chi connectivity index (χ0) is 17.3. The van der Waals surface area contributed by atoms with Crippen LogP contribution in [0.4, 0.5) is 0 Å². The van der Waals surface area contributed by atoms with Crippen LogP contribution >= 0.6 is 0 Å². The highest BCUT2D eigenvalue weighted by molar-refractivity contribution is 5.80. The van der Waals surface area contributed by atoms with Crippen molar-refractivity contribution in [2.75, 3.05) is 32.8 Å². The third kappa shape index (κ3) is 5.58. The molecule has 2 aliphatic rings. The normalized spacial score (nSPS) is 19.3. The van der Waals surface area contributed by atoms with E-state index >= 15 is 0 Å². The Morgan fingerprint density at radius 1 is 1.16 bits per heavy atom. The first kappa shape index (κ1) is 18.0. The summed E-state index contributed by atoms with van der Waals surface area (Å²) in [5.74, 6) is 0.914. The van der Waals surface area contributed by atoms with Gasteiger partial charge in [-0.3, -0.25) is 4.90 Å². The van der Waals surface area contributed by atoms with Crippen molar-refractivity contribution < 1.29 is 4.74 Å². The van der Waals surface area contributed by atoms with Gasteiger partial charge >= 0.3 is 0 Å². The number of morpholine rings is 1. The number of aliphatic imine (C=N–C) groups is 1. The number of rotatable bonds is 6. The molecule has 1 fully saturated rings. The van der Waals surface area contributed by atoms with Crippen LogP contribution in [-0.2, 0) is 17.8 Å². The Kier molecular flexibility index (Phi) is 6.89. The summed E-state index contributed by atoms with van der Waals surface area (Å²) >= 11 is 0. The van der Waals surface area contributed by atoms with Crippen molar-refractivity contribution in [3.8, 4) is 0 Å². The molecule has 1 aliphatic heterocycles. The van der Waals surface area contributed by atoms with Gasteiger partial charge in [0.25, 0.3) is 0 Å². The van der Waals surface area contributed by atoms with Gasteiger partial charge in [0.05, 0.1) is 19.8 Å². The zero-order valence-corrected chi connectivity index (χ0v) is 15.2. The van der Waals surface area contributed by atoms with Gasteiger partial charge < -0.3 is 15.4 Å². The van der Waals surface area contributed by atoms with Crippen LogP contribution in [0.1, 0.15) is 30.9 Å². The minimum absolute atomic E-state index is 0.474. The lowest BCUT2D eigenvalue weighted by atomic mass is 10.1. The lowest BCUT2D eigenvalue weighted by molar-refractivity contribution is 0.0341. The third-order valence-corrected chi connectivity index (χ3v) is 4.72. The van der Waals surface area contributed by atoms with Crippen LogP contribution in [0, 0.1) is 0 Å². The molecule has 0 bridgehead atoms. The van der Waals surface area contributed by atoms with E-state index in [4.69, 9.17) is 9.73 Å². The fraction of sp³-hybridized carbons (Fsp3) is 0.550. The zero-order valence-electron chi connectivity index (χ0n) is 15.2. The number of nitrogens with zero attached hydrogens (tertiary/aromatic N) is 2. The summed E-state index contributed by atoms with van der Waals surface area (Å²) in [5.41, 5.74) is 2.67.